The van der Waals surface area contributed by atoms with Crippen LogP contribution < -0.4 is 10.2 Å². The Hall–Kier alpha value is -2.18. The second-order valence-corrected chi connectivity index (χ2v) is 6.07. The summed E-state index contributed by atoms with van der Waals surface area (Å²) in [7, 11) is 0. The van der Waals surface area contributed by atoms with Crippen molar-refractivity contribution < 1.29 is 4.79 Å². The smallest absolute Gasteiger partial charge is 0.253 e. The van der Waals surface area contributed by atoms with E-state index >= 15 is 0 Å². The number of carbonyl (C=O) groups is 1. The number of benzene rings is 1. The SMILES string of the molecule is O=C1NC(N2CCN(c3cnc(Cl)cn3)CC2)c2ccccc21. The Bertz CT molecular complexity index is 728. The number of nitrogens with one attached hydrogen (secondary N) is 1. The van der Waals surface area contributed by atoms with Crippen molar-refractivity contribution in [2.75, 3.05) is 31.1 Å². The average Bonchev–Trinajstić information content (AvgIpc) is 2.93. The molecule has 1 saturated heterocycles. The van der Waals surface area contributed by atoms with Gasteiger partial charge < -0.3 is 10.2 Å². The van der Waals surface area contributed by atoms with Crippen molar-refractivity contribution >= 4 is 23.3 Å². The molecule has 0 saturated carbocycles. The number of amides is 1. The van der Waals surface area contributed by atoms with Crippen molar-refractivity contribution in [1.29, 1.82) is 0 Å². The van der Waals surface area contributed by atoms with Crippen LogP contribution in [0.3, 0.4) is 0 Å². The second kappa shape index (κ2) is 5.79. The maximum absolute atomic E-state index is 12.1. The molecule has 0 bridgehead atoms. The number of nitrogens with zero attached hydrogens (tertiary/aromatic N) is 4. The van der Waals surface area contributed by atoms with Gasteiger partial charge in [-0.25, -0.2) is 9.97 Å². The summed E-state index contributed by atoms with van der Waals surface area (Å²) in [6, 6.07) is 7.78. The topological polar surface area (TPSA) is 61.4 Å². The van der Waals surface area contributed by atoms with Crippen molar-refractivity contribution in [2.45, 2.75) is 6.17 Å². The number of aromatic nitrogens is 2. The Morgan fingerprint density at radius 3 is 2.61 bits per heavy atom. The molecule has 0 aliphatic carbocycles. The highest BCUT2D eigenvalue weighted by Crippen LogP contribution is 2.29. The van der Waals surface area contributed by atoms with E-state index in [2.05, 4.69) is 25.1 Å². The van der Waals surface area contributed by atoms with Crippen LogP contribution in [0.25, 0.3) is 0 Å². The van der Waals surface area contributed by atoms with Crippen molar-refractivity contribution in [3.63, 3.8) is 0 Å². The summed E-state index contributed by atoms with van der Waals surface area (Å²) >= 11 is 5.78. The molecule has 2 aliphatic heterocycles. The van der Waals surface area contributed by atoms with Crippen LogP contribution in [0, 0.1) is 0 Å². The van der Waals surface area contributed by atoms with E-state index < -0.39 is 0 Å². The molecule has 1 unspecified atom stereocenters. The molecule has 0 radical (unpaired) electrons. The van der Waals surface area contributed by atoms with Crippen LogP contribution in [0.2, 0.25) is 5.15 Å². The molecule has 6 nitrogen and oxygen atoms in total. The van der Waals surface area contributed by atoms with E-state index in [0.29, 0.717) is 5.15 Å². The summed E-state index contributed by atoms with van der Waals surface area (Å²) in [5.74, 6) is 0.849. The van der Waals surface area contributed by atoms with Crippen LogP contribution in [0.4, 0.5) is 5.82 Å². The van der Waals surface area contributed by atoms with Gasteiger partial charge in [0.25, 0.3) is 5.91 Å². The zero-order valence-electron chi connectivity index (χ0n) is 12.4. The molecule has 118 valence electrons. The van der Waals surface area contributed by atoms with Crippen LogP contribution in [-0.4, -0.2) is 47.0 Å². The highest BCUT2D eigenvalue weighted by atomic mass is 35.5. The number of anilines is 1. The monoisotopic (exact) mass is 329 g/mol. The van der Waals surface area contributed by atoms with E-state index in [0.717, 1.165) is 43.1 Å². The van der Waals surface area contributed by atoms with Crippen molar-refractivity contribution in [1.82, 2.24) is 20.2 Å². The average molecular weight is 330 g/mol. The molecule has 3 heterocycles. The lowest BCUT2D eigenvalue weighted by Crippen LogP contribution is -2.50. The molecule has 1 aromatic heterocycles. The van der Waals surface area contributed by atoms with Gasteiger partial charge in [-0.1, -0.05) is 29.8 Å². The summed E-state index contributed by atoms with van der Waals surface area (Å²) in [5.41, 5.74) is 1.85. The summed E-state index contributed by atoms with van der Waals surface area (Å²) in [6.07, 6.45) is 3.23. The molecule has 4 rings (SSSR count). The zero-order chi connectivity index (χ0) is 15.8. The molecule has 1 N–H and O–H groups in total. The zero-order valence-corrected chi connectivity index (χ0v) is 13.2. The number of halogens is 1. The molecule has 1 fully saturated rings. The fourth-order valence-corrected chi connectivity index (χ4v) is 3.29. The van der Waals surface area contributed by atoms with Crippen LogP contribution in [0.5, 0.6) is 0 Å². The van der Waals surface area contributed by atoms with Gasteiger partial charge in [-0.05, 0) is 6.07 Å². The van der Waals surface area contributed by atoms with E-state index in [4.69, 9.17) is 11.6 Å². The van der Waals surface area contributed by atoms with Gasteiger partial charge in [0.05, 0.1) is 12.4 Å². The normalized spacial score (nSPS) is 21.2. The summed E-state index contributed by atoms with van der Waals surface area (Å²) in [4.78, 5) is 24.9. The maximum Gasteiger partial charge on any atom is 0.253 e. The quantitative estimate of drug-likeness (QED) is 0.908. The molecule has 7 heteroatoms. The van der Waals surface area contributed by atoms with E-state index in [1.54, 1.807) is 12.4 Å². The maximum atomic E-state index is 12.1. The Morgan fingerprint density at radius 1 is 1.09 bits per heavy atom. The van der Waals surface area contributed by atoms with Gasteiger partial charge in [0.2, 0.25) is 0 Å². The number of carbonyl (C=O) groups excluding carboxylic acids is 1. The van der Waals surface area contributed by atoms with Gasteiger partial charge in [-0.2, -0.15) is 0 Å². The number of hydrogen-bond donors (Lipinski definition) is 1. The lowest BCUT2D eigenvalue weighted by molar-refractivity contribution is 0.0887. The number of fused-ring (bicyclic) bond motifs is 1. The van der Waals surface area contributed by atoms with Crippen LogP contribution in [-0.2, 0) is 0 Å². The fourth-order valence-electron chi connectivity index (χ4n) is 3.19. The second-order valence-electron chi connectivity index (χ2n) is 5.68. The summed E-state index contributed by atoms with van der Waals surface area (Å²) in [5, 5.41) is 3.47. The van der Waals surface area contributed by atoms with E-state index in [-0.39, 0.29) is 12.1 Å². The first-order valence-corrected chi connectivity index (χ1v) is 7.96. The van der Waals surface area contributed by atoms with Crippen LogP contribution in [0.15, 0.2) is 36.7 Å². The molecule has 2 aliphatic rings. The third-order valence-electron chi connectivity index (χ3n) is 4.38. The lowest BCUT2D eigenvalue weighted by atomic mass is 10.1. The third-order valence-corrected chi connectivity index (χ3v) is 4.57. The molecule has 1 atom stereocenters. The Morgan fingerprint density at radius 2 is 1.87 bits per heavy atom. The minimum Gasteiger partial charge on any atom is -0.353 e. The van der Waals surface area contributed by atoms with Crippen molar-refractivity contribution in [3.8, 4) is 0 Å². The lowest BCUT2D eigenvalue weighted by Gasteiger charge is -2.38. The number of rotatable bonds is 2. The van der Waals surface area contributed by atoms with Gasteiger partial charge in [-0.15, -0.1) is 0 Å². The third kappa shape index (κ3) is 2.64. The Balaban J connectivity index is 1.46. The first-order chi connectivity index (χ1) is 11.2. The van der Waals surface area contributed by atoms with Crippen LogP contribution >= 0.6 is 11.6 Å². The largest absolute Gasteiger partial charge is 0.353 e. The Kier molecular flexibility index (Phi) is 3.63. The molecular weight excluding hydrogens is 314 g/mol. The van der Waals surface area contributed by atoms with Crippen molar-refractivity contribution in [3.05, 3.63) is 52.9 Å². The molecule has 1 aromatic carbocycles. The van der Waals surface area contributed by atoms with Crippen LogP contribution in [0.1, 0.15) is 22.1 Å². The molecule has 23 heavy (non-hydrogen) atoms. The number of hydrogen-bond acceptors (Lipinski definition) is 5. The van der Waals surface area contributed by atoms with Gasteiger partial charge in [0, 0.05) is 37.3 Å². The fraction of sp³-hybridized carbons (Fsp3) is 0.312. The Labute approximate surface area is 139 Å². The number of piperazine rings is 1. The minimum absolute atomic E-state index is 0.0107. The first-order valence-electron chi connectivity index (χ1n) is 7.59. The molecule has 0 spiro atoms. The van der Waals surface area contributed by atoms with Gasteiger partial charge >= 0.3 is 0 Å². The van der Waals surface area contributed by atoms with Gasteiger partial charge in [0.15, 0.2) is 0 Å². The standard InChI is InChI=1S/C16H16ClN5O/c17-13-9-19-14(10-18-13)21-5-7-22(8-6-21)15-11-3-1-2-4-12(11)16(23)20-15/h1-4,9-10,15H,5-8H2,(H,20,23). The van der Waals surface area contributed by atoms with E-state index in [9.17, 15) is 4.79 Å². The van der Waals surface area contributed by atoms with E-state index in [1.807, 2.05) is 24.3 Å². The van der Waals surface area contributed by atoms with E-state index in [1.165, 1.54) is 0 Å². The van der Waals surface area contributed by atoms with Crippen molar-refractivity contribution in [2.24, 2.45) is 0 Å². The predicted molar refractivity (Wildman–Crippen MR) is 87.5 cm³/mol. The predicted octanol–water partition coefficient (Wildman–Crippen LogP) is 1.69. The first kappa shape index (κ1) is 14.4. The summed E-state index contributed by atoms with van der Waals surface area (Å²) in [6.45, 7) is 3.38. The molecular formula is C16H16ClN5O. The molecule has 2 aromatic rings. The highest BCUT2D eigenvalue weighted by Gasteiger charge is 2.34. The van der Waals surface area contributed by atoms with Gasteiger partial charge in [0.1, 0.15) is 17.1 Å². The molecule has 1 amide bonds. The highest BCUT2D eigenvalue weighted by molar-refractivity contribution is 6.29. The van der Waals surface area contributed by atoms with Gasteiger partial charge in [-0.3, -0.25) is 9.69 Å². The summed E-state index contributed by atoms with van der Waals surface area (Å²) < 4.78 is 0. The minimum atomic E-state index is -0.0304.